The number of benzene rings is 1. The summed E-state index contributed by atoms with van der Waals surface area (Å²) in [6, 6.07) is 9.28. The molecule has 0 N–H and O–H groups in total. The van der Waals surface area contributed by atoms with Crippen molar-refractivity contribution in [2.75, 3.05) is 0 Å². The van der Waals surface area contributed by atoms with E-state index in [-0.39, 0.29) is 0 Å². The molecule has 0 radical (unpaired) electrons. The van der Waals surface area contributed by atoms with Crippen LogP contribution in [0.15, 0.2) is 36.7 Å². The summed E-state index contributed by atoms with van der Waals surface area (Å²) in [6.45, 7) is 2.23. The molecule has 1 saturated carbocycles. The Morgan fingerprint density at radius 2 is 1.80 bits per heavy atom. The van der Waals surface area contributed by atoms with Gasteiger partial charge in [-0.25, -0.2) is 4.39 Å². The Balaban J connectivity index is 1.80. The van der Waals surface area contributed by atoms with Gasteiger partial charge in [0.1, 0.15) is 0 Å². The first-order valence-corrected chi connectivity index (χ1v) is 8.17. The van der Waals surface area contributed by atoms with E-state index in [1.807, 2.05) is 0 Å². The van der Waals surface area contributed by atoms with Crippen molar-refractivity contribution in [1.82, 2.24) is 0 Å². The average molecular weight is 274 g/mol. The molecule has 0 aromatic heterocycles. The molecule has 0 nitrogen and oxygen atoms in total. The van der Waals surface area contributed by atoms with Crippen molar-refractivity contribution in [2.24, 2.45) is 5.92 Å². The summed E-state index contributed by atoms with van der Waals surface area (Å²) in [5.74, 6) is 1.56. The molecule has 0 aliphatic heterocycles. The molecule has 2 rings (SSSR count). The number of halogens is 1. The Morgan fingerprint density at radius 1 is 1.10 bits per heavy atom. The first-order valence-electron chi connectivity index (χ1n) is 8.17. The maximum Gasteiger partial charge on any atom is 0.0827 e. The topological polar surface area (TPSA) is 0 Å². The molecule has 0 amide bonds. The van der Waals surface area contributed by atoms with Crippen LogP contribution in [0.1, 0.15) is 68.9 Å². The Morgan fingerprint density at radius 3 is 2.40 bits per heavy atom. The van der Waals surface area contributed by atoms with Crippen LogP contribution < -0.4 is 0 Å². The number of rotatable bonds is 6. The minimum atomic E-state index is 0.684. The van der Waals surface area contributed by atoms with Crippen LogP contribution in [0.5, 0.6) is 0 Å². The van der Waals surface area contributed by atoms with E-state index in [1.54, 1.807) is 6.08 Å². The van der Waals surface area contributed by atoms with Crippen molar-refractivity contribution in [3.8, 4) is 0 Å². The Hall–Kier alpha value is -1.11. The standard InChI is InChI=1S/C19H27F/c1-2-5-16-7-11-18(12-8-16)19-13-9-17(10-14-19)6-3-4-15-20/h4,7-8,11-12,15,17,19H,2-3,5-6,9-10,13-14H2,1H3/t17-,19-. The summed E-state index contributed by atoms with van der Waals surface area (Å²) in [4.78, 5) is 0. The second-order valence-electron chi connectivity index (χ2n) is 6.15. The van der Waals surface area contributed by atoms with Gasteiger partial charge < -0.3 is 0 Å². The van der Waals surface area contributed by atoms with E-state index in [1.165, 1.54) is 49.7 Å². The second kappa shape index (κ2) is 8.24. The van der Waals surface area contributed by atoms with Gasteiger partial charge in [0.2, 0.25) is 0 Å². The van der Waals surface area contributed by atoms with Gasteiger partial charge in [0.05, 0.1) is 6.33 Å². The summed E-state index contributed by atoms with van der Waals surface area (Å²) in [7, 11) is 0. The minimum absolute atomic E-state index is 0.684. The molecule has 1 aromatic rings. The highest BCUT2D eigenvalue weighted by molar-refractivity contribution is 5.25. The van der Waals surface area contributed by atoms with Crippen LogP contribution in [0.4, 0.5) is 4.39 Å². The first-order chi connectivity index (χ1) is 9.83. The summed E-state index contributed by atoms with van der Waals surface area (Å²) < 4.78 is 11.9. The molecule has 0 bridgehead atoms. The van der Waals surface area contributed by atoms with Crippen LogP contribution in [0.3, 0.4) is 0 Å². The lowest BCUT2D eigenvalue weighted by Gasteiger charge is -2.28. The van der Waals surface area contributed by atoms with E-state index < -0.39 is 0 Å². The predicted molar refractivity (Wildman–Crippen MR) is 84.6 cm³/mol. The normalized spacial score (nSPS) is 23.3. The van der Waals surface area contributed by atoms with Crippen LogP contribution in [0.25, 0.3) is 0 Å². The fourth-order valence-electron chi connectivity index (χ4n) is 3.42. The van der Waals surface area contributed by atoms with E-state index in [9.17, 15) is 4.39 Å². The van der Waals surface area contributed by atoms with Gasteiger partial charge >= 0.3 is 0 Å². The molecule has 1 aliphatic rings. The Labute approximate surface area is 123 Å². The van der Waals surface area contributed by atoms with Crippen LogP contribution >= 0.6 is 0 Å². The highest BCUT2D eigenvalue weighted by atomic mass is 19.1. The maximum absolute atomic E-state index is 11.9. The van der Waals surface area contributed by atoms with Gasteiger partial charge in [-0.3, -0.25) is 0 Å². The fourth-order valence-corrected chi connectivity index (χ4v) is 3.42. The molecule has 0 saturated heterocycles. The summed E-state index contributed by atoms with van der Waals surface area (Å²) in [5.41, 5.74) is 2.98. The smallest absolute Gasteiger partial charge is 0.0827 e. The zero-order valence-corrected chi connectivity index (χ0v) is 12.7. The predicted octanol–water partition coefficient (Wildman–Crippen LogP) is 6.18. The van der Waals surface area contributed by atoms with Gasteiger partial charge in [-0.2, -0.15) is 0 Å². The molecular weight excluding hydrogens is 247 g/mol. The average Bonchev–Trinajstić information content (AvgIpc) is 2.49. The van der Waals surface area contributed by atoms with Crippen LogP contribution in [0, 0.1) is 5.92 Å². The Kier molecular flexibility index (Phi) is 6.29. The third-order valence-corrected chi connectivity index (χ3v) is 4.67. The van der Waals surface area contributed by atoms with Crippen molar-refractivity contribution < 1.29 is 4.39 Å². The third kappa shape index (κ3) is 4.47. The van der Waals surface area contributed by atoms with Gasteiger partial charge in [-0.15, -0.1) is 0 Å². The van der Waals surface area contributed by atoms with Crippen molar-refractivity contribution in [2.45, 2.75) is 64.2 Å². The third-order valence-electron chi connectivity index (χ3n) is 4.67. The van der Waals surface area contributed by atoms with Crippen LogP contribution in [0.2, 0.25) is 0 Å². The molecule has 110 valence electrons. The van der Waals surface area contributed by atoms with E-state index in [4.69, 9.17) is 0 Å². The lowest BCUT2D eigenvalue weighted by molar-refractivity contribution is 0.311. The van der Waals surface area contributed by atoms with Crippen molar-refractivity contribution in [1.29, 1.82) is 0 Å². The number of allylic oxidation sites excluding steroid dienone is 1. The van der Waals surface area contributed by atoms with Crippen LogP contribution in [-0.4, -0.2) is 0 Å². The zero-order chi connectivity index (χ0) is 14.2. The molecule has 0 spiro atoms. The molecule has 1 aliphatic carbocycles. The van der Waals surface area contributed by atoms with E-state index >= 15 is 0 Å². The SMILES string of the molecule is CCCc1ccc([C@H]2CC[C@H](CCC=CF)CC2)cc1. The maximum atomic E-state index is 11.9. The number of hydrogen-bond acceptors (Lipinski definition) is 0. The molecule has 1 heteroatoms. The number of hydrogen-bond donors (Lipinski definition) is 0. The zero-order valence-electron chi connectivity index (χ0n) is 12.7. The monoisotopic (exact) mass is 274 g/mol. The van der Waals surface area contributed by atoms with E-state index in [0.717, 1.165) is 24.7 Å². The lowest BCUT2D eigenvalue weighted by Crippen LogP contribution is -2.13. The Bertz CT molecular complexity index is 396. The highest BCUT2D eigenvalue weighted by Gasteiger charge is 2.21. The molecule has 1 aromatic carbocycles. The second-order valence-corrected chi connectivity index (χ2v) is 6.15. The molecule has 0 unspecified atom stereocenters. The molecule has 0 heterocycles. The van der Waals surface area contributed by atoms with Crippen molar-refractivity contribution >= 4 is 0 Å². The quantitative estimate of drug-likeness (QED) is 0.581. The first kappa shape index (κ1) is 15.3. The van der Waals surface area contributed by atoms with Gasteiger partial charge in [-0.1, -0.05) is 43.7 Å². The van der Waals surface area contributed by atoms with Crippen molar-refractivity contribution in [3.63, 3.8) is 0 Å². The summed E-state index contributed by atoms with van der Waals surface area (Å²) >= 11 is 0. The largest absolute Gasteiger partial charge is 0.216 e. The molecule has 20 heavy (non-hydrogen) atoms. The van der Waals surface area contributed by atoms with Gasteiger partial charge in [0.15, 0.2) is 0 Å². The molecule has 0 atom stereocenters. The van der Waals surface area contributed by atoms with E-state index in [0.29, 0.717) is 6.33 Å². The number of aryl methyl sites for hydroxylation is 1. The van der Waals surface area contributed by atoms with E-state index in [2.05, 4.69) is 31.2 Å². The molecular formula is C19H27F. The van der Waals surface area contributed by atoms with Gasteiger partial charge in [0, 0.05) is 0 Å². The van der Waals surface area contributed by atoms with Gasteiger partial charge in [0.25, 0.3) is 0 Å². The summed E-state index contributed by atoms with van der Waals surface area (Å²) in [5, 5.41) is 0. The summed E-state index contributed by atoms with van der Waals surface area (Å²) in [6.07, 6.45) is 12.0. The van der Waals surface area contributed by atoms with Gasteiger partial charge in [-0.05, 0) is 67.9 Å². The lowest BCUT2D eigenvalue weighted by atomic mass is 9.77. The van der Waals surface area contributed by atoms with Crippen LogP contribution in [-0.2, 0) is 6.42 Å². The highest BCUT2D eigenvalue weighted by Crippen LogP contribution is 2.37. The van der Waals surface area contributed by atoms with Crippen molar-refractivity contribution in [3.05, 3.63) is 47.8 Å². The minimum Gasteiger partial charge on any atom is -0.216 e. The fraction of sp³-hybridized carbons (Fsp3) is 0.579. The molecule has 1 fully saturated rings.